The second kappa shape index (κ2) is 6.72. The zero-order valence-corrected chi connectivity index (χ0v) is 16.2. The maximum atomic E-state index is 13.0. The Morgan fingerprint density at radius 1 is 1.33 bits per heavy atom. The maximum absolute atomic E-state index is 13.0. The van der Waals surface area contributed by atoms with E-state index in [0.717, 1.165) is 37.3 Å². The first-order chi connectivity index (χ1) is 11.4. The SMILES string of the molecule is Cc1cc(CSc2nc3sc(C)c(C)c3c(=O)n2CC(C)C)no1. The molecule has 0 atom stereocenters. The molecule has 0 amide bonds. The normalized spacial score (nSPS) is 11.8. The quantitative estimate of drug-likeness (QED) is 0.499. The minimum Gasteiger partial charge on any atom is -0.361 e. The zero-order chi connectivity index (χ0) is 17.4. The number of nitrogens with zero attached hydrogens (tertiary/aromatic N) is 3. The summed E-state index contributed by atoms with van der Waals surface area (Å²) in [5.41, 5.74) is 1.98. The van der Waals surface area contributed by atoms with Gasteiger partial charge in [0.1, 0.15) is 10.6 Å². The van der Waals surface area contributed by atoms with E-state index in [0.29, 0.717) is 18.2 Å². The Labute approximate surface area is 149 Å². The Balaban J connectivity index is 2.05. The topological polar surface area (TPSA) is 60.9 Å². The van der Waals surface area contributed by atoms with Crippen molar-refractivity contribution in [2.45, 2.75) is 52.1 Å². The van der Waals surface area contributed by atoms with E-state index in [2.05, 4.69) is 19.0 Å². The molecule has 0 N–H and O–H groups in total. The van der Waals surface area contributed by atoms with Gasteiger partial charge < -0.3 is 4.52 Å². The molecule has 0 unspecified atom stereocenters. The third-order valence-corrected chi connectivity index (χ3v) is 5.94. The van der Waals surface area contributed by atoms with Gasteiger partial charge in [-0.2, -0.15) is 0 Å². The molecule has 3 aromatic heterocycles. The Morgan fingerprint density at radius 3 is 2.71 bits per heavy atom. The summed E-state index contributed by atoms with van der Waals surface area (Å²) in [5, 5.41) is 5.53. The van der Waals surface area contributed by atoms with Crippen LogP contribution < -0.4 is 5.56 Å². The molecule has 0 fully saturated rings. The summed E-state index contributed by atoms with van der Waals surface area (Å²) in [4.78, 5) is 19.8. The molecule has 0 spiro atoms. The smallest absolute Gasteiger partial charge is 0.263 e. The Hall–Kier alpha value is -1.60. The van der Waals surface area contributed by atoms with Crippen LogP contribution in [0.3, 0.4) is 0 Å². The summed E-state index contributed by atoms with van der Waals surface area (Å²) in [7, 11) is 0. The summed E-state index contributed by atoms with van der Waals surface area (Å²) in [6, 6.07) is 1.91. The highest BCUT2D eigenvalue weighted by molar-refractivity contribution is 7.98. The fourth-order valence-electron chi connectivity index (χ4n) is 2.57. The second-order valence-electron chi connectivity index (χ2n) is 6.38. The predicted octanol–water partition coefficient (Wildman–Crippen LogP) is 4.32. The lowest BCUT2D eigenvalue weighted by Gasteiger charge is -2.13. The van der Waals surface area contributed by atoms with E-state index >= 15 is 0 Å². The van der Waals surface area contributed by atoms with E-state index in [1.54, 1.807) is 11.3 Å². The molecule has 3 aromatic rings. The first kappa shape index (κ1) is 17.2. The van der Waals surface area contributed by atoms with Gasteiger partial charge in [-0.3, -0.25) is 9.36 Å². The van der Waals surface area contributed by atoms with Crippen LogP contribution in [0.2, 0.25) is 0 Å². The van der Waals surface area contributed by atoms with Crippen molar-refractivity contribution in [3.8, 4) is 0 Å². The van der Waals surface area contributed by atoms with Crippen LogP contribution in [0.4, 0.5) is 0 Å². The summed E-state index contributed by atoms with van der Waals surface area (Å²) in [5.74, 6) is 1.80. The van der Waals surface area contributed by atoms with Crippen LogP contribution in [0.1, 0.15) is 35.7 Å². The highest BCUT2D eigenvalue weighted by Crippen LogP contribution is 2.29. The van der Waals surface area contributed by atoms with Gasteiger partial charge in [0, 0.05) is 23.2 Å². The van der Waals surface area contributed by atoms with Gasteiger partial charge in [0.2, 0.25) is 0 Å². The molecule has 0 saturated carbocycles. The molecule has 0 saturated heterocycles. The van der Waals surface area contributed by atoms with Gasteiger partial charge in [-0.25, -0.2) is 4.98 Å². The lowest BCUT2D eigenvalue weighted by Crippen LogP contribution is -2.25. The molecule has 0 aliphatic heterocycles. The Bertz CT molecular complexity index is 937. The van der Waals surface area contributed by atoms with Crippen molar-refractivity contribution in [3.63, 3.8) is 0 Å². The summed E-state index contributed by atoms with van der Waals surface area (Å²) < 4.78 is 6.92. The highest BCUT2D eigenvalue weighted by Gasteiger charge is 2.17. The standard InChI is InChI=1S/C17H21N3O2S2/c1-9(2)7-20-16(21)14-11(4)12(5)24-15(14)18-17(20)23-8-13-6-10(3)22-19-13/h6,9H,7-8H2,1-5H3. The molecule has 0 aromatic carbocycles. The van der Waals surface area contributed by atoms with Crippen molar-refractivity contribution >= 4 is 33.3 Å². The number of fused-ring (bicyclic) bond motifs is 1. The largest absolute Gasteiger partial charge is 0.361 e. The number of rotatable bonds is 5. The number of aromatic nitrogens is 3. The molecule has 128 valence electrons. The first-order valence-electron chi connectivity index (χ1n) is 7.92. The number of thioether (sulfide) groups is 1. The molecule has 24 heavy (non-hydrogen) atoms. The van der Waals surface area contributed by atoms with E-state index in [1.807, 2.05) is 31.4 Å². The first-order valence-corrected chi connectivity index (χ1v) is 9.72. The molecule has 3 rings (SSSR count). The van der Waals surface area contributed by atoms with Crippen LogP contribution in [0, 0.1) is 26.7 Å². The van der Waals surface area contributed by atoms with Crippen molar-refractivity contribution < 1.29 is 4.52 Å². The van der Waals surface area contributed by atoms with Gasteiger partial charge in [-0.05, 0) is 32.3 Å². The molecule has 7 heteroatoms. The lowest BCUT2D eigenvalue weighted by atomic mass is 10.2. The minimum atomic E-state index is 0.0642. The van der Waals surface area contributed by atoms with Gasteiger partial charge in [0.05, 0.1) is 11.1 Å². The van der Waals surface area contributed by atoms with Crippen LogP contribution >= 0.6 is 23.1 Å². The Kier molecular flexibility index (Phi) is 4.83. The van der Waals surface area contributed by atoms with Crippen molar-refractivity contribution in [2.75, 3.05) is 0 Å². The maximum Gasteiger partial charge on any atom is 0.263 e. The van der Waals surface area contributed by atoms with Gasteiger partial charge in [0.15, 0.2) is 5.16 Å². The molecule has 0 radical (unpaired) electrons. The van der Waals surface area contributed by atoms with Gasteiger partial charge >= 0.3 is 0 Å². The molecule has 0 aliphatic rings. The fourth-order valence-corrected chi connectivity index (χ4v) is 4.53. The van der Waals surface area contributed by atoms with Gasteiger partial charge in [-0.1, -0.05) is 30.8 Å². The minimum absolute atomic E-state index is 0.0642. The van der Waals surface area contributed by atoms with E-state index in [9.17, 15) is 4.79 Å². The van der Waals surface area contributed by atoms with Crippen LogP contribution in [0.15, 0.2) is 20.5 Å². The number of hydrogen-bond donors (Lipinski definition) is 0. The number of thiophene rings is 1. The van der Waals surface area contributed by atoms with Gasteiger partial charge in [0.25, 0.3) is 5.56 Å². The van der Waals surface area contributed by atoms with E-state index in [-0.39, 0.29) is 5.56 Å². The molecule has 0 bridgehead atoms. The van der Waals surface area contributed by atoms with Crippen LogP contribution in [0.5, 0.6) is 0 Å². The molecular formula is C17H21N3O2S2. The second-order valence-corrected chi connectivity index (χ2v) is 8.53. The summed E-state index contributed by atoms with van der Waals surface area (Å²) in [6.07, 6.45) is 0. The van der Waals surface area contributed by atoms with E-state index in [4.69, 9.17) is 9.51 Å². The zero-order valence-electron chi connectivity index (χ0n) is 14.5. The van der Waals surface area contributed by atoms with Crippen molar-refractivity contribution in [3.05, 3.63) is 38.3 Å². The monoisotopic (exact) mass is 363 g/mol. The summed E-state index contributed by atoms with van der Waals surface area (Å²) in [6.45, 7) is 10.8. The number of hydrogen-bond acceptors (Lipinski definition) is 6. The lowest BCUT2D eigenvalue weighted by molar-refractivity contribution is 0.393. The Morgan fingerprint density at radius 2 is 2.08 bits per heavy atom. The van der Waals surface area contributed by atoms with Crippen molar-refractivity contribution in [2.24, 2.45) is 5.92 Å². The van der Waals surface area contributed by atoms with Crippen molar-refractivity contribution in [1.29, 1.82) is 0 Å². The summed E-state index contributed by atoms with van der Waals surface area (Å²) >= 11 is 3.12. The van der Waals surface area contributed by atoms with Crippen LogP contribution in [-0.2, 0) is 12.3 Å². The predicted molar refractivity (Wildman–Crippen MR) is 99.0 cm³/mol. The average molecular weight is 364 g/mol. The molecule has 5 nitrogen and oxygen atoms in total. The van der Waals surface area contributed by atoms with Crippen molar-refractivity contribution in [1.82, 2.24) is 14.7 Å². The average Bonchev–Trinajstić information content (AvgIpc) is 3.04. The van der Waals surface area contributed by atoms with E-state index < -0.39 is 0 Å². The van der Waals surface area contributed by atoms with Crippen LogP contribution in [-0.4, -0.2) is 14.7 Å². The fraction of sp³-hybridized carbons (Fsp3) is 0.471. The highest BCUT2D eigenvalue weighted by atomic mass is 32.2. The molecular weight excluding hydrogens is 342 g/mol. The number of aryl methyl sites for hydroxylation is 3. The van der Waals surface area contributed by atoms with Gasteiger partial charge in [-0.15, -0.1) is 11.3 Å². The van der Waals surface area contributed by atoms with Crippen LogP contribution in [0.25, 0.3) is 10.2 Å². The molecule has 0 aliphatic carbocycles. The van der Waals surface area contributed by atoms with E-state index in [1.165, 1.54) is 11.8 Å². The third kappa shape index (κ3) is 3.28. The molecule has 3 heterocycles. The third-order valence-electron chi connectivity index (χ3n) is 3.83.